The van der Waals surface area contributed by atoms with Gasteiger partial charge in [-0.25, -0.2) is 18.7 Å². The fourth-order valence-corrected chi connectivity index (χ4v) is 2.53. The molecule has 0 aliphatic rings. The predicted molar refractivity (Wildman–Crippen MR) is 87.4 cm³/mol. The Labute approximate surface area is 138 Å². The molecule has 3 aromatic rings. The minimum absolute atomic E-state index is 0.183. The number of alkyl halides is 2. The molecule has 0 saturated carbocycles. The van der Waals surface area contributed by atoms with Crippen molar-refractivity contribution in [3.05, 3.63) is 48.4 Å². The molecule has 3 rings (SSSR count). The molecule has 1 aromatic carbocycles. The maximum absolute atomic E-state index is 12.4. The zero-order valence-electron chi connectivity index (χ0n) is 13.4. The van der Waals surface area contributed by atoms with Crippen LogP contribution in [0.1, 0.15) is 18.5 Å². The Morgan fingerprint density at radius 2 is 2.17 bits per heavy atom. The molecule has 5 nitrogen and oxygen atoms in total. The number of nitrogens with one attached hydrogen (secondary N) is 1. The number of methoxy groups -OCH3 is 1. The van der Waals surface area contributed by atoms with E-state index in [2.05, 4.69) is 15.3 Å². The van der Waals surface area contributed by atoms with E-state index < -0.39 is 6.43 Å². The molecule has 7 heteroatoms. The summed E-state index contributed by atoms with van der Waals surface area (Å²) in [6, 6.07) is 7.47. The van der Waals surface area contributed by atoms with Gasteiger partial charge < -0.3 is 14.5 Å². The summed E-state index contributed by atoms with van der Waals surface area (Å²) < 4.78 is 31.9. The zero-order chi connectivity index (χ0) is 17.1. The van der Waals surface area contributed by atoms with Crippen LogP contribution in [0.15, 0.2) is 42.9 Å². The van der Waals surface area contributed by atoms with Crippen molar-refractivity contribution in [3.8, 4) is 17.1 Å². The number of rotatable bonds is 6. The molecule has 2 aromatic heterocycles. The van der Waals surface area contributed by atoms with Crippen LogP contribution in [0.5, 0.6) is 5.88 Å². The van der Waals surface area contributed by atoms with Crippen molar-refractivity contribution in [2.45, 2.75) is 19.4 Å². The minimum atomic E-state index is -2.37. The predicted octanol–water partition coefficient (Wildman–Crippen LogP) is 3.32. The van der Waals surface area contributed by atoms with Crippen molar-refractivity contribution in [1.29, 1.82) is 0 Å². The van der Waals surface area contributed by atoms with E-state index in [9.17, 15) is 8.78 Å². The standard InChI is InChI=1S/C17H18F2N4O/c1-11(21-9-15(18)19)12-4-3-5-13(8-12)14-10-23-7-6-20-16(23)17(22-14)24-2/h3-8,10-11,15,21H,9H2,1-2H3. The number of imidazole rings is 1. The summed E-state index contributed by atoms with van der Waals surface area (Å²) in [5, 5.41) is 2.81. The third-order valence-corrected chi connectivity index (χ3v) is 3.80. The van der Waals surface area contributed by atoms with Gasteiger partial charge in [0.2, 0.25) is 0 Å². The highest BCUT2D eigenvalue weighted by Gasteiger charge is 2.12. The molecule has 1 N–H and O–H groups in total. The molecule has 1 unspecified atom stereocenters. The molecule has 0 aliphatic carbocycles. The lowest BCUT2D eigenvalue weighted by atomic mass is 10.0. The second-order valence-corrected chi connectivity index (χ2v) is 5.44. The molecule has 0 aliphatic heterocycles. The highest BCUT2D eigenvalue weighted by molar-refractivity contribution is 5.63. The lowest BCUT2D eigenvalue weighted by molar-refractivity contribution is 0.142. The number of ether oxygens (including phenoxy) is 1. The monoisotopic (exact) mass is 332 g/mol. The molecular weight excluding hydrogens is 314 g/mol. The average molecular weight is 332 g/mol. The number of hydrogen-bond donors (Lipinski definition) is 1. The summed E-state index contributed by atoms with van der Waals surface area (Å²) in [6.45, 7) is 1.52. The van der Waals surface area contributed by atoms with Gasteiger partial charge in [0.25, 0.3) is 12.3 Å². The summed E-state index contributed by atoms with van der Waals surface area (Å²) in [5.41, 5.74) is 3.16. The Hall–Kier alpha value is -2.54. The van der Waals surface area contributed by atoms with E-state index in [0.29, 0.717) is 11.5 Å². The van der Waals surface area contributed by atoms with Gasteiger partial charge in [0.15, 0.2) is 5.65 Å². The fraction of sp³-hybridized carbons (Fsp3) is 0.294. The molecule has 0 saturated heterocycles. The van der Waals surface area contributed by atoms with Crippen molar-refractivity contribution in [2.24, 2.45) is 0 Å². The number of aromatic nitrogens is 3. The molecule has 0 bridgehead atoms. The van der Waals surface area contributed by atoms with E-state index in [-0.39, 0.29) is 12.6 Å². The van der Waals surface area contributed by atoms with Crippen LogP contribution in [-0.4, -0.2) is 34.4 Å². The van der Waals surface area contributed by atoms with E-state index >= 15 is 0 Å². The van der Waals surface area contributed by atoms with Gasteiger partial charge in [0.1, 0.15) is 0 Å². The van der Waals surface area contributed by atoms with Crippen LogP contribution in [0.2, 0.25) is 0 Å². The maximum Gasteiger partial charge on any atom is 0.258 e. The molecule has 0 radical (unpaired) electrons. The maximum atomic E-state index is 12.4. The van der Waals surface area contributed by atoms with Gasteiger partial charge >= 0.3 is 0 Å². The third kappa shape index (κ3) is 3.35. The molecule has 0 amide bonds. The lowest BCUT2D eigenvalue weighted by Gasteiger charge is -2.15. The number of benzene rings is 1. The Kier molecular flexibility index (Phi) is 4.71. The van der Waals surface area contributed by atoms with Crippen LogP contribution in [0, 0.1) is 0 Å². The molecule has 2 heterocycles. The van der Waals surface area contributed by atoms with Crippen molar-refractivity contribution in [3.63, 3.8) is 0 Å². The molecule has 24 heavy (non-hydrogen) atoms. The first kappa shape index (κ1) is 16.3. The molecule has 0 spiro atoms. The SMILES string of the molecule is COc1nc(-c2cccc(C(C)NCC(F)F)c2)cn2ccnc12. The van der Waals surface area contributed by atoms with Crippen molar-refractivity contribution in [2.75, 3.05) is 13.7 Å². The van der Waals surface area contributed by atoms with Crippen molar-refractivity contribution in [1.82, 2.24) is 19.7 Å². The topological polar surface area (TPSA) is 51.5 Å². The Balaban J connectivity index is 1.94. The Morgan fingerprint density at radius 1 is 1.33 bits per heavy atom. The summed E-state index contributed by atoms with van der Waals surface area (Å²) in [7, 11) is 1.55. The van der Waals surface area contributed by atoms with Gasteiger partial charge in [-0.05, 0) is 18.6 Å². The Morgan fingerprint density at radius 3 is 2.92 bits per heavy atom. The Bertz CT molecular complexity index is 834. The molecule has 0 fully saturated rings. The summed E-state index contributed by atoms with van der Waals surface area (Å²) >= 11 is 0. The number of fused-ring (bicyclic) bond motifs is 1. The van der Waals surface area contributed by atoms with Crippen LogP contribution < -0.4 is 10.1 Å². The lowest BCUT2D eigenvalue weighted by Crippen LogP contribution is -2.24. The second kappa shape index (κ2) is 6.92. The first-order chi connectivity index (χ1) is 11.6. The van der Waals surface area contributed by atoms with Gasteiger partial charge in [0.05, 0.1) is 19.3 Å². The molecule has 126 valence electrons. The summed E-state index contributed by atoms with van der Waals surface area (Å²) in [4.78, 5) is 8.70. The summed E-state index contributed by atoms with van der Waals surface area (Å²) in [6.07, 6.45) is 2.99. The number of halogens is 2. The fourth-order valence-electron chi connectivity index (χ4n) is 2.53. The van der Waals surface area contributed by atoms with Crippen LogP contribution in [0.3, 0.4) is 0 Å². The quantitative estimate of drug-likeness (QED) is 0.752. The normalized spacial score (nSPS) is 12.7. The number of hydrogen-bond acceptors (Lipinski definition) is 4. The van der Waals surface area contributed by atoms with Crippen molar-refractivity contribution < 1.29 is 13.5 Å². The molecule has 1 atom stereocenters. The van der Waals surface area contributed by atoms with E-state index in [4.69, 9.17) is 4.74 Å². The van der Waals surface area contributed by atoms with Gasteiger partial charge in [-0.3, -0.25) is 0 Å². The van der Waals surface area contributed by atoms with Crippen LogP contribution in [-0.2, 0) is 0 Å². The van der Waals surface area contributed by atoms with E-state index in [1.54, 1.807) is 13.3 Å². The van der Waals surface area contributed by atoms with Crippen LogP contribution in [0.4, 0.5) is 8.78 Å². The average Bonchev–Trinajstić information content (AvgIpc) is 3.07. The highest BCUT2D eigenvalue weighted by atomic mass is 19.3. The van der Waals surface area contributed by atoms with Crippen LogP contribution >= 0.6 is 0 Å². The minimum Gasteiger partial charge on any atom is -0.478 e. The van der Waals surface area contributed by atoms with E-state index in [0.717, 1.165) is 16.8 Å². The zero-order valence-corrected chi connectivity index (χ0v) is 13.4. The smallest absolute Gasteiger partial charge is 0.258 e. The number of nitrogens with zero attached hydrogens (tertiary/aromatic N) is 3. The largest absolute Gasteiger partial charge is 0.478 e. The third-order valence-electron chi connectivity index (χ3n) is 3.80. The van der Waals surface area contributed by atoms with Gasteiger partial charge in [-0.15, -0.1) is 0 Å². The summed E-state index contributed by atoms with van der Waals surface area (Å²) in [5.74, 6) is 0.437. The van der Waals surface area contributed by atoms with Gasteiger partial charge in [0, 0.05) is 30.2 Å². The van der Waals surface area contributed by atoms with Crippen molar-refractivity contribution >= 4 is 5.65 Å². The van der Waals surface area contributed by atoms with Gasteiger partial charge in [-0.1, -0.05) is 18.2 Å². The first-order valence-electron chi connectivity index (χ1n) is 7.58. The highest BCUT2D eigenvalue weighted by Crippen LogP contribution is 2.25. The van der Waals surface area contributed by atoms with E-state index in [1.165, 1.54) is 0 Å². The molecular formula is C17H18F2N4O. The van der Waals surface area contributed by atoms with Crippen LogP contribution in [0.25, 0.3) is 16.9 Å². The van der Waals surface area contributed by atoms with Gasteiger partial charge in [-0.2, -0.15) is 0 Å². The second-order valence-electron chi connectivity index (χ2n) is 5.44. The first-order valence-corrected chi connectivity index (χ1v) is 7.58. The van der Waals surface area contributed by atoms with E-state index in [1.807, 2.05) is 48.0 Å².